The molecule has 0 spiro atoms. The molecule has 0 heterocycles. The molecule has 4 amide bonds. The van der Waals surface area contributed by atoms with Gasteiger partial charge in [0, 0.05) is 6.42 Å². The summed E-state index contributed by atoms with van der Waals surface area (Å²) in [5, 5.41) is 8.16. The van der Waals surface area contributed by atoms with Crippen molar-refractivity contribution in [1.82, 2.24) is 16.0 Å². The standard InChI is InChI=1S/C26H44N6O4/c1-16(2)14-21(31-24(34)19(28)12-8-9-13-27)25(35)32-22(17(3)4)26(36)30-20(23(29)33)15-18-10-6-5-7-11-18/h5-7,10-11,16-17,19-22H,8-9,12-15,27-28H2,1-4H3,(H2,29,33)(H,30,36)(H,31,34)(H,32,35)/t19-,20-,21-,22-/m0/s1. The Morgan fingerprint density at radius 3 is 1.97 bits per heavy atom. The lowest BCUT2D eigenvalue weighted by molar-refractivity contribution is -0.134. The lowest BCUT2D eigenvalue weighted by atomic mass is 9.98. The number of rotatable bonds is 16. The van der Waals surface area contributed by atoms with Crippen molar-refractivity contribution in [2.75, 3.05) is 6.54 Å². The van der Waals surface area contributed by atoms with Gasteiger partial charge in [-0.3, -0.25) is 19.2 Å². The van der Waals surface area contributed by atoms with Gasteiger partial charge in [-0.2, -0.15) is 0 Å². The monoisotopic (exact) mass is 504 g/mol. The van der Waals surface area contributed by atoms with E-state index in [0.29, 0.717) is 25.8 Å². The summed E-state index contributed by atoms with van der Waals surface area (Å²) >= 11 is 0. The van der Waals surface area contributed by atoms with E-state index >= 15 is 0 Å². The van der Waals surface area contributed by atoms with Gasteiger partial charge in [-0.25, -0.2) is 0 Å². The van der Waals surface area contributed by atoms with E-state index < -0.39 is 47.8 Å². The second-order valence-corrected chi connectivity index (χ2v) is 9.97. The SMILES string of the molecule is CC(C)C[C@H](NC(=O)[C@@H](N)CCCCN)C(=O)N[C@H](C(=O)N[C@@H](Cc1ccccc1)C(N)=O)C(C)C. The molecule has 0 saturated carbocycles. The third kappa shape index (κ3) is 11.2. The number of amides is 4. The van der Waals surface area contributed by atoms with Gasteiger partial charge in [-0.05, 0) is 43.2 Å². The summed E-state index contributed by atoms with van der Waals surface area (Å²) in [4.78, 5) is 50.9. The highest BCUT2D eigenvalue weighted by atomic mass is 16.2. The minimum atomic E-state index is -0.935. The first kappa shape index (κ1) is 31.1. The molecule has 4 atom stereocenters. The molecule has 0 saturated heterocycles. The van der Waals surface area contributed by atoms with Gasteiger partial charge in [0.05, 0.1) is 6.04 Å². The summed E-state index contributed by atoms with van der Waals surface area (Å²) in [6.07, 6.45) is 2.54. The molecule has 10 heteroatoms. The van der Waals surface area contributed by atoms with Crippen LogP contribution in [-0.2, 0) is 25.6 Å². The van der Waals surface area contributed by atoms with Crippen molar-refractivity contribution in [1.29, 1.82) is 0 Å². The third-order valence-electron chi connectivity index (χ3n) is 5.84. The molecule has 0 bridgehead atoms. The maximum atomic E-state index is 13.2. The van der Waals surface area contributed by atoms with Crippen molar-refractivity contribution in [2.24, 2.45) is 29.0 Å². The normalized spacial score (nSPS) is 14.6. The average Bonchev–Trinajstić information content (AvgIpc) is 2.81. The van der Waals surface area contributed by atoms with E-state index in [-0.39, 0.29) is 18.3 Å². The Labute approximate surface area is 214 Å². The quantitative estimate of drug-likeness (QED) is 0.176. The molecular weight excluding hydrogens is 460 g/mol. The number of hydrogen-bond acceptors (Lipinski definition) is 6. The highest BCUT2D eigenvalue weighted by Gasteiger charge is 2.31. The summed E-state index contributed by atoms with van der Waals surface area (Å²) in [6, 6.07) is 5.72. The number of hydrogen-bond donors (Lipinski definition) is 6. The van der Waals surface area contributed by atoms with E-state index in [4.69, 9.17) is 17.2 Å². The number of benzene rings is 1. The van der Waals surface area contributed by atoms with Gasteiger partial charge in [-0.15, -0.1) is 0 Å². The van der Waals surface area contributed by atoms with E-state index in [9.17, 15) is 19.2 Å². The second kappa shape index (κ2) is 15.9. The molecule has 0 aromatic heterocycles. The zero-order chi connectivity index (χ0) is 27.3. The molecular formula is C26H44N6O4. The fourth-order valence-electron chi connectivity index (χ4n) is 3.74. The molecule has 1 aromatic rings. The van der Waals surface area contributed by atoms with Crippen LogP contribution in [-0.4, -0.2) is 54.3 Å². The van der Waals surface area contributed by atoms with Crippen LogP contribution < -0.4 is 33.2 Å². The number of nitrogens with one attached hydrogen (secondary N) is 3. The number of carbonyl (C=O) groups excluding carboxylic acids is 4. The number of primary amides is 1. The predicted molar refractivity (Wildman–Crippen MR) is 140 cm³/mol. The molecule has 0 radical (unpaired) electrons. The Morgan fingerprint density at radius 2 is 1.44 bits per heavy atom. The van der Waals surface area contributed by atoms with Gasteiger partial charge in [0.2, 0.25) is 23.6 Å². The van der Waals surface area contributed by atoms with Crippen LogP contribution in [0.15, 0.2) is 30.3 Å². The average molecular weight is 505 g/mol. The first-order valence-corrected chi connectivity index (χ1v) is 12.7. The highest BCUT2D eigenvalue weighted by Crippen LogP contribution is 2.10. The van der Waals surface area contributed by atoms with Crippen LogP contribution in [0.3, 0.4) is 0 Å². The Morgan fingerprint density at radius 1 is 0.833 bits per heavy atom. The number of carbonyl (C=O) groups is 4. The van der Waals surface area contributed by atoms with Crippen molar-refractivity contribution in [2.45, 2.75) is 84.0 Å². The summed E-state index contributed by atoms with van der Waals surface area (Å²) in [5.41, 5.74) is 17.9. The summed E-state index contributed by atoms with van der Waals surface area (Å²) in [6.45, 7) is 7.95. The predicted octanol–water partition coefficient (Wildman–Crippen LogP) is 0.327. The van der Waals surface area contributed by atoms with E-state index in [1.165, 1.54) is 0 Å². The molecule has 0 unspecified atom stereocenters. The van der Waals surface area contributed by atoms with E-state index in [0.717, 1.165) is 12.0 Å². The zero-order valence-electron chi connectivity index (χ0n) is 22.0. The fraction of sp³-hybridized carbons (Fsp3) is 0.615. The summed E-state index contributed by atoms with van der Waals surface area (Å²) < 4.78 is 0. The Hall–Kier alpha value is -2.98. The van der Waals surface area contributed by atoms with Gasteiger partial charge >= 0.3 is 0 Å². The van der Waals surface area contributed by atoms with Gasteiger partial charge in [0.25, 0.3) is 0 Å². The molecule has 202 valence electrons. The van der Waals surface area contributed by atoms with Crippen LogP contribution in [0.5, 0.6) is 0 Å². The number of unbranched alkanes of at least 4 members (excludes halogenated alkanes) is 1. The third-order valence-corrected chi connectivity index (χ3v) is 5.84. The molecule has 1 rings (SSSR count). The van der Waals surface area contributed by atoms with Gasteiger partial charge in [0.15, 0.2) is 0 Å². The number of nitrogens with two attached hydrogens (primary N) is 3. The lowest BCUT2D eigenvalue weighted by Gasteiger charge is -2.28. The summed E-state index contributed by atoms with van der Waals surface area (Å²) in [7, 11) is 0. The van der Waals surface area contributed by atoms with Crippen molar-refractivity contribution in [3.8, 4) is 0 Å². The van der Waals surface area contributed by atoms with Crippen LogP contribution in [0, 0.1) is 11.8 Å². The smallest absolute Gasteiger partial charge is 0.243 e. The molecule has 9 N–H and O–H groups in total. The van der Waals surface area contributed by atoms with Gasteiger partial charge in [-0.1, -0.05) is 64.4 Å². The van der Waals surface area contributed by atoms with Crippen molar-refractivity contribution >= 4 is 23.6 Å². The Bertz CT molecular complexity index is 846. The Balaban J connectivity index is 2.91. The van der Waals surface area contributed by atoms with Crippen LogP contribution in [0.4, 0.5) is 0 Å². The largest absolute Gasteiger partial charge is 0.368 e. The Kier molecular flexibility index (Phi) is 13.7. The molecule has 36 heavy (non-hydrogen) atoms. The molecule has 0 aliphatic heterocycles. The van der Waals surface area contributed by atoms with Crippen molar-refractivity contribution < 1.29 is 19.2 Å². The maximum Gasteiger partial charge on any atom is 0.243 e. The maximum absolute atomic E-state index is 13.2. The highest BCUT2D eigenvalue weighted by molar-refractivity contribution is 5.94. The topological polar surface area (TPSA) is 182 Å². The molecule has 10 nitrogen and oxygen atoms in total. The van der Waals surface area contributed by atoms with Crippen molar-refractivity contribution in [3.63, 3.8) is 0 Å². The van der Waals surface area contributed by atoms with Crippen LogP contribution in [0.1, 0.15) is 58.9 Å². The van der Waals surface area contributed by atoms with Crippen LogP contribution in [0.25, 0.3) is 0 Å². The van der Waals surface area contributed by atoms with Gasteiger partial charge < -0.3 is 33.2 Å². The zero-order valence-corrected chi connectivity index (χ0v) is 22.0. The minimum Gasteiger partial charge on any atom is -0.368 e. The van der Waals surface area contributed by atoms with E-state index in [1.807, 2.05) is 44.2 Å². The summed E-state index contributed by atoms with van der Waals surface area (Å²) in [5.74, 6) is -2.28. The van der Waals surface area contributed by atoms with Crippen LogP contribution in [0.2, 0.25) is 0 Å². The molecule has 0 aliphatic carbocycles. The first-order chi connectivity index (χ1) is 17.0. The fourth-order valence-corrected chi connectivity index (χ4v) is 3.74. The lowest BCUT2D eigenvalue weighted by Crippen LogP contribution is -2.59. The van der Waals surface area contributed by atoms with Crippen molar-refractivity contribution in [3.05, 3.63) is 35.9 Å². The first-order valence-electron chi connectivity index (χ1n) is 12.7. The molecule has 1 aromatic carbocycles. The van der Waals surface area contributed by atoms with Crippen LogP contribution >= 0.6 is 0 Å². The molecule has 0 fully saturated rings. The minimum absolute atomic E-state index is 0.103. The van der Waals surface area contributed by atoms with Gasteiger partial charge in [0.1, 0.15) is 18.1 Å². The second-order valence-electron chi connectivity index (χ2n) is 9.97. The molecule has 0 aliphatic rings. The van der Waals surface area contributed by atoms with E-state index in [1.54, 1.807) is 13.8 Å². The van der Waals surface area contributed by atoms with E-state index in [2.05, 4.69) is 16.0 Å².